The summed E-state index contributed by atoms with van der Waals surface area (Å²) in [7, 11) is 1.35. The number of carboxylic acids is 1. The molecule has 0 fully saturated rings. The van der Waals surface area contributed by atoms with Crippen molar-refractivity contribution in [1.29, 1.82) is 0 Å². The second-order valence-corrected chi connectivity index (χ2v) is 9.25. The molecule has 1 aliphatic rings. The van der Waals surface area contributed by atoms with Crippen molar-refractivity contribution in [2.24, 2.45) is 5.41 Å². The number of carbonyl (C=O) groups is 2. The number of ether oxygens (including phenoxy) is 2. The molecule has 0 bridgehead atoms. The normalized spacial score (nSPS) is 13.6. The number of nitro benzene ring substituents is 1. The van der Waals surface area contributed by atoms with Crippen molar-refractivity contribution in [1.82, 2.24) is 0 Å². The first-order chi connectivity index (χ1) is 17.2. The number of halogens is 1. The van der Waals surface area contributed by atoms with Gasteiger partial charge in [0.1, 0.15) is 0 Å². The van der Waals surface area contributed by atoms with E-state index in [9.17, 15) is 24.8 Å². The standard InChI is InChI=1S/C27H24ClNO7/c1-35-24-13-22(29(33)34)21(12-25(24)36-10-9-17-5-4-8-20(28)11-17)23(30)16-27(26(31)32)14-18-6-2-3-7-19(18)15-27/h2-8,11-13H,9-10,14-16H2,1H3,(H,31,32). The molecule has 1 aliphatic carbocycles. The fourth-order valence-corrected chi connectivity index (χ4v) is 4.83. The Hall–Kier alpha value is -3.91. The van der Waals surface area contributed by atoms with Crippen LogP contribution in [0.25, 0.3) is 0 Å². The van der Waals surface area contributed by atoms with Gasteiger partial charge in [-0.1, -0.05) is 48.0 Å². The van der Waals surface area contributed by atoms with Gasteiger partial charge in [0, 0.05) is 23.9 Å². The minimum Gasteiger partial charge on any atom is -0.493 e. The van der Waals surface area contributed by atoms with E-state index in [1.54, 1.807) is 12.1 Å². The molecule has 1 N–H and O–H groups in total. The van der Waals surface area contributed by atoms with E-state index in [0.29, 0.717) is 11.4 Å². The minimum absolute atomic E-state index is 0.102. The maximum absolute atomic E-state index is 13.4. The largest absolute Gasteiger partial charge is 0.493 e. The van der Waals surface area contributed by atoms with Crippen molar-refractivity contribution in [3.05, 3.63) is 98.1 Å². The van der Waals surface area contributed by atoms with Crippen molar-refractivity contribution >= 4 is 29.0 Å². The lowest BCUT2D eigenvalue weighted by molar-refractivity contribution is -0.385. The zero-order chi connectivity index (χ0) is 25.9. The van der Waals surface area contributed by atoms with Gasteiger partial charge in [0.05, 0.1) is 35.7 Å². The van der Waals surface area contributed by atoms with Crippen LogP contribution in [0.1, 0.15) is 33.5 Å². The average Bonchev–Trinajstić information content (AvgIpc) is 3.23. The number of nitrogens with zero attached hydrogens (tertiary/aromatic N) is 1. The third-order valence-corrected chi connectivity index (χ3v) is 6.68. The molecule has 8 nitrogen and oxygen atoms in total. The number of Topliss-reactive ketones (excluding diaryl/α,β-unsaturated/α-hetero) is 1. The molecule has 0 heterocycles. The molecule has 3 aromatic rings. The van der Waals surface area contributed by atoms with E-state index in [-0.39, 0.29) is 42.9 Å². The van der Waals surface area contributed by atoms with E-state index < -0.39 is 27.8 Å². The number of benzene rings is 3. The number of aliphatic carboxylic acids is 1. The molecule has 0 aromatic heterocycles. The second-order valence-electron chi connectivity index (χ2n) is 8.81. The highest BCUT2D eigenvalue weighted by molar-refractivity contribution is 6.30. The van der Waals surface area contributed by atoms with E-state index in [2.05, 4.69) is 0 Å². The minimum atomic E-state index is -1.37. The smallest absolute Gasteiger partial charge is 0.310 e. The highest BCUT2D eigenvalue weighted by atomic mass is 35.5. The van der Waals surface area contributed by atoms with Gasteiger partial charge in [-0.25, -0.2) is 0 Å². The molecule has 0 spiro atoms. The fraction of sp³-hybridized carbons (Fsp3) is 0.259. The highest BCUT2D eigenvalue weighted by Crippen LogP contribution is 2.43. The Kier molecular flexibility index (Phi) is 7.26. The first-order valence-corrected chi connectivity index (χ1v) is 11.7. The lowest BCUT2D eigenvalue weighted by atomic mass is 9.78. The van der Waals surface area contributed by atoms with Crippen LogP contribution in [0.15, 0.2) is 60.7 Å². The molecule has 0 amide bonds. The molecule has 9 heteroatoms. The van der Waals surface area contributed by atoms with Gasteiger partial charge in [0.2, 0.25) is 0 Å². The number of nitro groups is 1. The molecule has 186 valence electrons. The van der Waals surface area contributed by atoms with Gasteiger partial charge < -0.3 is 14.6 Å². The Morgan fingerprint density at radius 2 is 1.75 bits per heavy atom. The SMILES string of the molecule is COc1cc([N+](=O)[O-])c(C(=O)CC2(C(=O)O)Cc3ccccc3C2)cc1OCCc1cccc(Cl)c1. The summed E-state index contributed by atoms with van der Waals surface area (Å²) in [5.74, 6) is -1.49. The van der Waals surface area contributed by atoms with Gasteiger partial charge in [-0.15, -0.1) is 0 Å². The number of carbonyl (C=O) groups excluding carboxylic acids is 1. The van der Waals surface area contributed by atoms with Gasteiger partial charge in [0.25, 0.3) is 5.69 Å². The number of hydrogen-bond donors (Lipinski definition) is 1. The summed E-state index contributed by atoms with van der Waals surface area (Å²) < 4.78 is 11.1. The highest BCUT2D eigenvalue weighted by Gasteiger charge is 2.46. The lowest BCUT2D eigenvalue weighted by Crippen LogP contribution is -2.34. The molecular weight excluding hydrogens is 486 g/mol. The maximum atomic E-state index is 13.4. The predicted octanol–water partition coefficient (Wildman–Crippen LogP) is 5.32. The zero-order valence-corrected chi connectivity index (χ0v) is 20.3. The van der Waals surface area contributed by atoms with Crippen LogP contribution in [0.2, 0.25) is 5.02 Å². The number of carboxylic acid groups (broad SMARTS) is 1. The van der Waals surface area contributed by atoms with E-state index in [0.717, 1.165) is 22.8 Å². The summed E-state index contributed by atoms with van der Waals surface area (Å²) in [4.78, 5) is 36.8. The van der Waals surface area contributed by atoms with Crippen LogP contribution in [-0.2, 0) is 24.1 Å². The molecular formula is C27H24ClNO7. The summed E-state index contributed by atoms with van der Waals surface area (Å²) in [5, 5.41) is 22.4. The van der Waals surface area contributed by atoms with Gasteiger partial charge in [0.15, 0.2) is 17.3 Å². The van der Waals surface area contributed by atoms with Gasteiger partial charge in [-0.3, -0.25) is 19.7 Å². The topological polar surface area (TPSA) is 116 Å². The lowest BCUT2D eigenvalue weighted by Gasteiger charge is -2.23. The van der Waals surface area contributed by atoms with E-state index in [1.165, 1.54) is 13.2 Å². The van der Waals surface area contributed by atoms with Gasteiger partial charge in [-0.2, -0.15) is 0 Å². The number of rotatable bonds is 10. The monoisotopic (exact) mass is 509 g/mol. The third-order valence-electron chi connectivity index (χ3n) is 6.45. The Balaban J connectivity index is 1.61. The van der Waals surface area contributed by atoms with Crippen molar-refractivity contribution in [2.45, 2.75) is 25.7 Å². The zero-order valence-electron chi connectivity index (χ0n) is 19.5. The summed E-state index contributed by atoms with van der Waals surface area (Å²) in [6, 6.07) is 17.0. The first kappa shape index (κ1) is 25.2. The van der Waals surface area contributed by atoms with Crippen molar-refractivity contribution < 1.29 is 29.1 Å². The number of methoxy groups -OCH3 is 1. The second kappa shape index (κ2) is 10.4. The molecule has 36 heavy (non-hydrogen) atoms. The molecule has 0 unspecified atom stereocenters. The van der Waals surface area contributed by atoms with Crippen LogP contribution < -0.4 is 9.47 Å². The Bertz CT molecular complexity index is 1310. The molecule has 0 aliphatic heterocycles. The van der Waals surface area contributed by atoms with Crippen molar-refractivity contribution in [3.63, 3.8) is 0 Å². The molecule has 0 radical (unpaired) electrons. The molecule has 3 aromatic carbocycles. The van der Waals surface area contributed by atoms with Crippen LogP contribution in [-0.4, -0.2) is 35.5 Å². The van der Waals surface area contributed by atoms with E-state index >= 15 is 0 Å². The van der Waals surface area contributed by atoms with Crippen LogP contribution in [0.4, 0.5) is 5.69 Å². The Morgan fingerprint density at radius 3 is 2.33 bits per heavy atom. The third kappa shape index (κ3) is 5.18. The Morgan fingerprint density at radius 1 is 1.06 bits per heavy atom. The van der Waals surface area contributed by atoms with E-state index in [1.807, 2.05) is 36.4 Å². The molecule has 0 atom stereocenters. The summed E-state index contributed by atoms with van der Waals surface area (Å²) in [6.07, 6.45) is 0.477. The van der Waals surface area contributed by atoms with Crippen molar-refractivity contribution in [3.8, 4) is 11.5 Å². The predicted molar refractivity (Wildman–Crippen MR) is 133 cm³/mol. The molecule has 4 rings (SSSR count). The van der Waals surface area contributed by atoms with Crippen molar-refractivity contribution in [2.75, 3.05) is 13.7 Å². The maximum Gasteiger partial charge on any atom is 0.310 e. The quantitative estimate of drug-likeness (QED) is 0.223. The van der Waals surface area contributed by atoms with Gasteiger partial charge in [-0.05, 0) is 41.7 Å². The Labute approximate surface area is 212 Å². The van der Waals surface area contributed by atoms with Crippen LogP contribution in [0, 0.1) is 15.5 Å². The van der Waals surface area contributed by atoms with Crippen LogP contribution in [0.5, 0.6) is 11.5 Å². The van der Waals surface area contributed by atoms with Crippen LogP contribution in [0.3, 0.4) is 0 Å². The summed E-state index contributed by atoms with van der Waals surface area (Å²) in [6.45, 7) is 0.205. The summed E-state index contributed by atoms with van der Waals surface area (Å²) >= 11 is 6.02. The summed E-state index contributed by atoms with van der Waals surface area (Å²) in [5.41, 5.74) is 0.611. The number of ketones is 1. The number of fused-ring (bicyclic) bond motifs is 1. The number of hydrogen-bond acceptors (Lipinski definition) is 6. The fourth-order valence-electron chi connectivity index (χ4n) is 4.62. The van der Waals surface area contributed by atoms with Crippen LogP contribution >= 0.6 is 11.6 Å². The molecule has 0 saturated carbocycles. The average molecular weight is 510 g/mol. The van der Waals surface area contributed by atoms with Gasteiger partial charge >= 0.3 is 5.97 Å². The molecule has 0 saturated heterocycles. The first-order valence-electron chi connectivity index (χ1n) is 11.3. The van der Waals surface area contributed by atoms with E-state index in [4.69, 9.17) is 21.1 Å².